The Morgan fingerprint density at radius 3 is 2.18 bits per heavy atom. The van der Waals surface area contributed by atoms with Gasteiger partial charge in [-0.1, -0.05) is 48.5 Å². The Hall–Kier alpha value is -2.75. The summed E-state index contributed by atoms with van der Waals surface area (Å²) < 4.78 is 3.56. The monoisotopic (exact) mass is 293 g/mol. The van der Waals surface area contributed by atoms with Crippen molar-refractivity contribution in [1.29, 1.82) is 0 Å². The molecule has 2 aromatic carbocycles. The molecule has 0 aliphatic rings. The predicted octanol–water partition coefficient (Wildman–Crippen LogP) is 3.10. The van der Waals surface area contributed by atoms with Crippen LogP contribution in [0.1, 0.15) is 11.3 Å². The summed E-state index contributed by atoms with van der Waals surface area (Å²) in [4.78, 5) is 12.7. The topological polar surface area (TPSA) is 39.0 Å². The fraction of sp³-hybridized carbons (Fsp3) is 0.167. The first kappa shape index (κ1) is 14.2. The minimum absolute atomic E-state index is 0.0258. The maximum absolute atomic E-state index is 12.7. The van der Waals surface area contributed by atoms with Crippen LogP contribution in [-0.4, -0.2) is 9.36 Å². The van der Waals surface area contributed by atoms with E-state index < -0.39 is 0 Å². The lowest BCUT2D eigenvalue weighted by atomic mass is 10.2. The molecule has 1 aromatic heterocycles. The first-order valence-electron chi connectivity index (χ1n) is 7.30. The van der Waals surface area contributed by atoms with E-state index in [1.165, 1.54) is 0 Å². The molecule has 0 bridgehead atoms. The average molecular weight is 293 g/mol. The molecule has 22 heavy (non-hydrogen) atoms. The van der Waals surface area contributed by atoms with Crippen molar-refractivity contribution in [3.8, 4) is 5.69 Å². The Morgan fingerprint density at radius 1 is 0.955 bits per heavy atom. The highest BCUT2D eigenvalue weighted by Crippen LogP contribution is 2.14. The Balaban J connectivity index is 1.95. The van der Waals surface area contributed by atoms with Gasteiger partial charge in [0.2, 0.25) is 0 Å². The van der Waals surface area contributed by atoms with E-state index in [1.54, 1.807) is 4.68 Å². The van der Waals surface area contributed by atoms with E-state index >= 15 is 0 Å². The minimum Gasteiger partial charge on any atom is -0.375 e. The molecular weight excluding hydrogens is 274 g/mol. The third kappa shape index (κ3) is 2.55. The fourth-order valence-electron chi connectivity index (χ4n) is 2.56. The van der Waals surface area contributed by atoms with Gasteiger partial charge in [0.15, 0.2) is 0 Å². The molecule has 0 unspecified atom stereocenters. The molecule has 0 fully saturated rings. The van der Waals surface area contributed by atoms with Gasteiger partial charge in [0, 0.05) is 13.6 Å². The van der Waals surface area contributed by atoms with Crippen LogP contribution in [0.5, 0.6) is 0 Å². The molecule has 1 N–H and O–H groups in total. The van der Waals surface area contributed by atoms with Crippen LogP contribution in [0, 0.1) is 6.92 Å². The molecule has 4 nitrogen and oxygen atoms in total. The summed E-state index contributed by atoms with van der Waals surface area (Å²) >= 11 is 0. The van der Waals surface area contributed by atoms with Crippen molar-refractivity contribution in [2.75, 3.05) is 5.32 Å². The van der Waals surface area contributed by atoms with Crippen LogP contribution in [0.4, 0.5) is 5.69 Å². The molecule has 0 amide bonds. The number of rotatable bonds is 4. The number of nitrogens with zero attached hydrogens (tertiary/aromatic N) is 2. The van der Waals surface area contributed by atoms with Crippen LogP contribution in [0.2, 0.25) is 0 Å². The third-order valence-electron chi connectivity index (χ3n) is 3.87. The second-order valence-electron chi connectivity index (χ2n) is 5.28. The third-order valence-corrected chi connectivity index (χ3v) is 3.87. The molecule has 0 spiro atoms. The summed E-state index contributed by atoms with van der Waals surface area (Å²) in [5.41, 5.74) is 3.56. The molecule has 0 saturated carbocycles. The highest BCUT2D eigenvalue weighted by molar-refractivity contribution is 5.49. The van der Waals surface area contributed by atoms with Crippen molar-refractivity contribution in [2.45, 2.75) is 13.5 Å². The zero-order valence-corrected chi connectivity index (χ0v) is 12.8. The Kier molecular flexibility index (Phi) is 3.83. The van der Waals surface area contributed by atoms with Crippen molar-refractivity contribution in [3.05, 3.63) is 82.3 Å². The van der Waals surface area contributed by atoms with E-state index in [-0.39, 0.29) is 5.56 Å². The summed E-state index contributed by atoms with van der Waals surface area (Å²) in [6, 6.07) is 19.7. The van der Waals surface area contributed by atoms with Gasteiger partial charge in [-0.3, -0.25) is 9.48 Å². The molecule has 0 radical (unpaired) electrons. The SMILES string of the molecule is Cc1c(NCc2ccccc2)c(=O)n(-c2ccccc2)n1C. The van der Waals surface area contributed by atoms with E-state index in [0.717, 1.165) is 16.9 Å². The largest absolute Gasteiger partial charge is 0.375 e. The lowest BCUT2D eigenvalue weighted by molar-refractivity contribution is 0.630. The molecule has 1 heterocycles. The summed E-state index contributed by atoms with van der Waals surface area (Å²) in [5, 5.41) is 3.27. The van der Waals surface area contributed by atoms with Gasteiger partial charge in [-0.05, 0) is 24.6 Å². The molecule has 112 valence electrons. The normalized spacial score (nSPS) is 10.6. The van der Waals surface area contributed by atoms with Gasteiger partial charge in [0.05, 0.1) is 11.4 Å². The molecular formula is C18H19N3O. The van der Waals surface area contributed by atoms with Gasteiger partial charge in [0.25, 0.3) is 5.56 Å². The number of benzene rings is 2. The first-order valence-corrected chi connectivity index (χ1v) is 7.30. The highest BCUT2D eigenvalue weighted by atomic mass is 16.1. The highest BCUT2D eigenvalue weighted by Gasteiger charge is 2.15. The van der Waals surface area contributed by atoms with Crippen molar-refractivity contribution in [3.63, 3.8) is 0 Å². The minimum atomic E-state index is -0.0258. The van der Waals surface area contributed by atoms with E-state index in [9.17, 15) is 4.79 Å². The van der Waals surface area contributed by atoms with Gasteiger partial charge in [-0.2, -0.15) is 0 Å². The maximum Gasteiger partial charge on any atom is 0.295 e. The molecule has 3 aromatic rings. The number of hydrogen-bond donors (Lipinski definition) is 1. The van der Waals surface area contributed by atoms with Gasteiger partial charge in [-0.15, -0.1) is 0 Å². The number of nitrogens with one attached hydrogen (secondary N) is 1. The van der Waals surface area contributed by atoms with Crippen molar-refractivity contribution < 1.29 is 0 Å². The van der Waals surface area contributed by atoms with Gasteiger partial charge >= 0.3 is 0 Å². The van der Waals surface area contributed by atoms with Crippen molar-refractivity contribution in [2.24, 2.45) is 7.05 Å². The van der Waals surface area contributed by atoms with E-state index in [0.29, 0.717) is 12.2 Å². The lowest BCUT2D eigenvalue weighted by Crippen LogP contribution is -2.20. The van der Waals surface area contributed by atoms with Crippen LogP contribution < -0.4 is 10.9 Å². The predicted molar refractivity (Wildman–Crippen MR) is 89.5 cm³/mol. The molecule has 0 saturated heterocycles. The van der Waals surface area contributed by atoms with Gasteiger partial charge in [-0.25, -0.2) is 4.68 Å². The van der Waals surface area contributed by atoms with Crippen LogP contribution in [0.15, 0.2) is 65.5 Å². The maximum atomic E-state index is 12.7. The Labute approximate surface area is 129 Å². The Bertz CT molecular complexity index is 817. The standard InChI is InChI=1S/C18H19N3O/c1-14-17(19-13-15-9-5-3-6-10-15)18(22)21(20(14)2)16-11-7-4-8-12-16/h3-12,19H,13H2,1-2H3. The van der Waals surface area contributed by atoms with Crippen molar-refractivity contribution in [1.82, 2.24) is 9.36 Å². The lowest BCUT2D eigenvalue weighted by Gasteiger charge is -2.07. The van der Waals surface area contributed by atoms with Crippen LogP contribution in [0.25, 0.3) is 5.69 Å². The zero-order valence-electron chi connectivity index (χ0n) is 12.8. The summed E-state index contributed by atoms with van der Waals surface area (Å²) in [7, 11) is 1.90. The molecule has 4 heteroatoms. The number of anilines is 1. The van der Waals surface area contributed by atoms with Gasteiger partial charge in [0.1, 0.15) is 5.69 Å². The fourth-order valence-corrected chi connectivity index (χ4v) is 2.56. The van der Waals surface area contributed by atoms with Crippen molar-refractivity contribution >= 4 is 5.69 Å². The summed E-state index contributed by atoms with van der Waals surface area (Å²) in [6.45, 7) is 2.59. The molecule has 0 aliphatic heterocycles. The summed E-state index contributed by atoms with van der Waals surface area (Å²) in [5.74, 6) is 0. The zero-order chi connectivity index (χ0) is 15.5. The first-order chi connectivity index (χ1) is 10.7. The Morgan fingerprint density at radius 2 is 1.55 bits per heavy atom. The number of para-hydroxylation sites is 1. The van der Waals surface area contributed by atoms with Gasteiger partial charge < -0.3 is 5.32 Å². The second-order valence-corrected chi connectivity index (χ2v) is 5.28. The smallest absolute Gasteiger partial charge is 0.295 e. The molecule has 0 atom stereocenters. The number of hydrogen-bond acceptors (Lipinski definition) is 2. The van der Waals surface area contributed by atoms with Crippen LogP contribution >= 0.6 is 0 Å². The molecule has 3 rings (SSSR count). The quantitative estimate of drug-likeness (QED) is 0.803. The van der Waals surface area contributed by atoms with E-state index in [2.05, 4.69) is 5.32 Å². The number of aromatic nitrogens is 2. The van der Waals surface area contributed by atoms with Crippen LogP contribution in [0.3, 0.4) is 0 Å². The van der Waals surface area contributed by atoms with E-state index in [4.69, 9.17) is 0 Å². The molecule has 0 aliphatic carbocycles. The average Bonchev–Trinajstić information content (AvgIpc) is 2.77. The van der Waals surface area contributed by atoms with E-state index in [1.807, 2.05) is 79.3 Å². The second kappa shape index (κ2) is 5.93. The summed E-state index contributed by atoms with van der Waals surface area (Å²) in [6.07, 6.45) is 0. The van der Waals surface area contributed by atoms with Crippen LogP contribution in [-0.2, 0) is 13.6 Å².